The summed E-state index contributed by atoms with van der Waals surface area (Å²) in [4.78, 5) is 2.38. The molecule has 0 N–H and O–H groups in total. The minimum absolute atomic E-state index is 0.184. The minimum Gasteiger partial charge on any atom is -0.400 e. The Labute approximate surface area is 112 Å². The Kier molecular flexibility index (Phi) is 3.65. The van der Waals surface area contributed by atoms with Gasteiger partial charge in [-0.2, -0.15) is 0 Å². The van der Waals surface area contributed by atoms with E-state index < -0.39 is 0 Å². The topological polar surface area (TPSA) is 21.7 Å². The Balaban J connectivity index is 2.07. The van der Waals surface area contributed by atoms with Gasteiger partial charge in [0, 0.05) is 13.1 Å². The van der Waals surface area contributed by atoms with Crippen LogP contribution in [-0.4, -0.2) is 43.4 Å². The minimum atomic E-state index is -0.233. The highest BCUT2D eigenvalue weighted by molar-refractivity contribution is 6.51. The summed E-state index contributed by atoms with van der Waals surface area (Å²) in [5.74, 6) is 2.80. The van der Waals surface area contributed by atoms with Crippen molar-refractivity contribution >= 4 is 7.12 Å². The van der Waals surface area contributed by atoms with E-state index in [2.05, 4.69) is 52.5 Å². The summed E-state index contributed by atoms with van der Waals surface area (Å²) in [6, 6.07) is 0. The van der Waals surface area contributed by atoms with Crippen molar-refractivity contribution in [3.05, 3.63) is 11.5 Å². The van der Waals surface area contributed by atoms with Crippen LogP contribution in [0.2, 0.25) is 0 Å². The predicted octanol–water partition coefficient (Wildman–Crippen LogP) is 2.52. The molecule has 102 valence electrons. The maximum atomic E-state index is 6.03. The zero-order chi connectivity index (χ0) is 13.6. The molecular weight excluding hydrogens is 225 g/mol. The van der Waals surface area contributed by atoms with Gasteiger partial charge in [-0.25, -0.2) is 0 Å². The fourth-order valence-corrected chi connectivity index (χ4v) is 2.62. The molecule has 4 heteroatoms. The van der Waals surface area contributed by atoms with E-state index in [0.717, 1.165) is 19.5 Å². The predicted molar refractivity (Wildman–Crippen MR) is 75.4 cm³/mol. The molecule has 0 radical (unpaired) electrons. The zero-order valence-electron chi connectivity index (χ0n) is 12.6. The summed E-state index contributed by atoms with van der Waals surface area (Å²) in [7, 11) is 2.00. The van der Waals surface area contributed by atoms with Gasteiger partial charge in [0.2, 0.25) is 0 Å². The van der Waals surface area contributed by atoms with Crippen molar-refractivity contribution in [3.8, 4) is 0 Å². The molecule has 1 unspecified atom stereocenters. The van der Waals surface area contributed by atoms with Crippen LogP contribution < -0.4 is 0 Å². The second kappa shape index (κ2) is 4.66. The fourth-order valence-electron chi connectivity index (χ4n) is 2.62. The van der Waals surface area contributed by atoms with Crippen LogP contribution in [0, 0.1) is 5.92 Å². The van der Waals surface area contributed by atoms with Gasteiger partial charge in [0.05, 0.1) is 11.2 Å². The molecule has 0 spiro atoms. The molecule has 2 fully saturated rings. The summed E-state index contributed by atoms with van der Waals surface area (Å²) in [5, 5.41) is 0. The molecule has 0 aromatic heterocycles. The molecule has 0 aliphatic carbocycles. The molecule has 0 amide bonds. The van der Waals surface area contributed by atoms with Crippen LogP contribution in [0.5, 0.6) is 0 Å². The average Bonchev–Trinajstić information content (AvgIpc) is 2.40. The molecule has 1 atom stereocenters. The lowest BCUT2D eigenvalue weighted by Gasteiger charge is -2.32. The van der Waals surface area contributed by atoms with Crippen LogP contribution in [0.25, 0.3) is 0 Å². The largest absolute Gasteiger partial charge is 0.487 e. The quantitative estimate of drug-likeness (QED) is 0.668. The molecular formula is C14H26BNO2. The lowest BCUT2D eigenvalue weighted by atomic mass is 9.81. The third-order valence-electron chi connectivity index (χ3n) is 4.62. The number of nitrogens with zero attached hydrogens (tertiary/aromatic N) is 1. The highest BCUT2D eigenvalue weighted by Crippen LogP contribution is 2.37. The van der Waals surface area contributed by atoms with Crippen molar-refractivity contribution in [1.82, 2.24) is 4.90 Å². The van der Waals surface area contributed by atoms with Gasteiger partial charge in [0.1, 0.15) is 0 Å². The SMILES string of the molecule is CC1CN(C)CC/C1=C/B1OC(C)(C)C(C)(C)O1. The second-order valence-corrected chi connectivity index (χ2v) is 6.78. The molecule has 2 saturated heterocycles. The van der Waals surface area contributed by atoms with E-state index in [1.807, 2.05) is 0 Å². The number of hydrogen-bond acceptors (Lipinski definition) is 3. The maximum absolute atomic E-state index is 6.03. The zero-order valence-corrected chi connectivity index (χ0v) is 12.6. The van der Waals surface area contributed by atoms with Crippen molar-refractivity contribution in [2.45, 2.75) is 52.2 Å². The molecule has 18 heavy (non-hydrogen) atoms. The highest BCUT2D eigenvalue weighted by Gasteiger charge is 2.50. The molecule has 0 aromatic rings. The Morgan fingerprint density at radius 3 is 2.28 bits per heavy atom. The van der Waals surface area contributed by atoms with Crippen molar-refractivity contribution < 1.29 is 9.31 Å². The first-order chi connectivity index (χ1) is 8.21. The van der Waals surface area contributed by atoms with Gasteiger partial charge >= 0.3 is 7.12 Å². The first kappa shape index (κ1) is 14.1. The number of hydrogen-bond donors (Lipinski definition) is 0. The van der Waals surface area contributed by atoms with Crippen molar-refractivity contribution in [3.63, 3.8) is 0 Å². The molecule has 0 bridgehead atoms. The summed E-state index contributed by atoms with van der Waals surface area (Å²) >= 11 is 0. The lowest BCUT2D eigenvalue weighted by Crippen LogP contribution is -2.41. The van der Waals surface area contributed by atoms with E-state index in [0.29, 0.717) is 5.92 Å². The second-order valence-electron chi connectivity index (χ2n) is 6.78. The van der Waals surface area contributed by atoms with Gasteiger partial charge in [-0.3, -0.25) is 0 Å². The smallest absolute Gasteiger partial charge is 0.400 e. The van der Waals surface area contributed by atoms with Gasteiger partial charge in [0.25, 0.3) is 0 Å². The third kappa shape index (κ3) is 2.66. The van der Waals surface area contributed by atoms with Crippen molar-refractivity contribution in [1.29, 1.82) is 0 Å². The van der Waals surface area contributed by atoms with Gasteiger partial charge in [0.15, 0.2) is 0 Å². The summed E-state index contributed by atoms with van der Waals surface area (Å²) in [6.45, 7) is 13.0. The van der Waals surface area contributed by atoms with Gasteiger partial charge in [-0.05, 0) is 47.1 Å². The standard InChI is InChI=1S/C14H26BNO2/c1-11-10-16(6)8-7-12(11)9-15-17-13(2,3)14(4,5)18-15/h9,11H,7-8,10H2,1-6H3/b12-9-. The Bertz CT molecular complexity index is 336. The van der Waals surface area contributed by atoms with Crippen LogP contribution in [0.3, 0.4) is 0 Å². The number of likely N-dealkylation sites (tertiary alicyclic amines) is 1. The Morgan fingerprint density at radius 1 is 1.22 bits per heavy atom. The summed E-state index contributed by atoms with van der Waals surface area (Å²) in [5.41, 5.74) is 1.01. The normalized spacial score (nSPS) is 34.2. The van der Waals surface area contributed by atoms with E-state index in [1.54, 1.807) is 0 Å². The number of rotatable bonds is 1. The van der Waals surface area contributed by atoms with Gasteiger partial charge in [-0.1, -0.05) is 18.5 Å². The third-order valence-corrected chi connectivity index (χ3v) is 4.62. The number of piperidine rings is 1. The van der Waals surface area contributed by atoms with Crippen LogP contribution in [0.15, 0.2) is 11.5 Å². The molecule has 2 aliphatic heterocycles. The summed E-state index contributed by atoms with van der Waals surface area (Å²) < 4.78 is 12.1. The lowest BCUT2D eigenvalue weighted by molar-refractivity contribution is 0.00578. The summed E-state index contributed by atoms with van der Waals surface area (Å²) in [6.07, 6.45) is 1.13. The molecule has 0 saturated carbocycles. The van der Waals surface area contributed by atoms with Gasteiger partial charge < -0.3 is 14.2 Å². The van der Waals surface area contributed by atoms with E-state index in [1.165, 1.54) is 5.57 Å². The monoisotopic (exact) mass is 251 g/mol. The Hall–Kier alpha value is -0.315. The molecule has 0 aromatic carbocycles. The van der Waals surface area contributed by atoms with Gasteiger partial charge in [-0.15, -0.1) is 0 Å². The van der Waals surface area contributed by atoms with E-state index in [9.17, 15) is 0 Å². The molecule has 2 aliphatic rings. The average molecular weight is 251 g/mol. The van der Waals surface area contributed by atoms with Crippen LogP contribution in [0.1, 0.15) is 41.0 Å². The molecule has 3 nitrogen and oxygen atoms in total. The van der Waals surface area contributed by atoms with Crippen LogP contribution in [-0.2, 0) is 9.31 Å². The maximum Gasteiger partial charge on any atom is 0.487 e. The molecule has 2 rings (SSSR count). The van der Waals surface area contributed by atoms with Crippen LogP contribution in [0.4, 0.5) is 0 Å². The Morgan fingerprint density at radius 2 is 1.78 bits per heavy atom. The first-order valence-electron chi connectivity index (χ1n) is 6.96. The fraction of sp³-hybridized carbons (Fsp3) is 0.857. The van der Waals surface area contributed by atoms with E-state index in [-0.39, 0.29) is 18.3 Å². The van der Waals surface area contributed by atoms with Crippen molar-refractivity contribution in [2.75, 3.05) is 20.1 Å². The van der Waals surface area contributed by atoms with E-state index >= 15 is 0 Å². The van der Waals surface area contributed by atoms with Crippen molar-refractivity contribution in [2.24, 2.45) is 5.92 Å². The van der Waals surface area contributed by atoms with E-state index in [4.69, 9.17) is 9.31 Å². The highest BCUT2D eigenvalue weighted by atomic mass is 16.7. The molecule has 2 heterocycles. The van der Waals surface area contributed by atoms with Crippen LogP contribution >= 0.6 is 0 Å². The first-order valence-corrected chi connectivity index (χ1v) is 6.96.